The molecule has 1 aromatic rings. The van der Waals surface area contributed by atoms with Crippen molar-refractivity contribution in [2.24, 2.45) is 0 Å². The quantitative estimate of drug-likeness (QED) is 0.683. The summed E-state index contributed by atoms with van der Waals surface area (Å²) in [5.41, 5.74) is 0.563. The number of carboxylic acid groups (broad SMARTS) is 1. The van der Waals surface area contributed by atoms with Crippen LogP contribution in [0.3, 0.4) is 0 Å². The van der Waals surface area contributed by atoms with Crippen LogP contribution < -0.4 is 10.9 Å². The summed E-state index contributed by atoms with van der Waals surface area (Å²) in [5, 5.41) is 11.5. The number of carbonyl (C=O) groups is 1. The second-order valence-corrected chi connectivity index (χ2v) is 3.87. The molecule has 6 nitrogen and oxygen atoms in total. The fraction of sp³-hybridized carbons (Fsp3) is 0.500. The van der Waals surface area contributed by atoms with Crippen LogP contribution in [0.25, 0.3) is 0 Å². The molecule has 1 aliphatic carbocycles. The summed E-state index contributed by atoms with van der Waals surface area (Å²) >= 11 is 0. The van der Waals surface area contributed by atoms with E-state index in [9.17, 15) is 9.59 Å². The molecule has 16 heavy (non-hydrogen) atoms. The first-order chi connectivity index (χ1) is 7.61. The Hall–Kier alpha value is -1.85. The standard InChI is InChI=1S/C10H13N3O3/c1-11-10-12-8(5-2-3-5)6(4-7(14)15)9(16)13-10/h5H,2-4H2,1H3,(H,14,15)(H2,11,12,13,16). The van der Waals surface area contributed by atoms with Crippen LogP contribution >= 0.6 is 0 Å². The monoisotopic (exact) mass is 223 g/mol. The summed E-state index contributed by atoms with van der Waals surface area (Å²) in [6, 6.07) is 0. The van der Waals surface area contributed by atoms with Crippen LogP contribution in [0.4, 0.5) is 5.95 Å². The van der Waals surface area contributed by atoms with Crippen molar-refractivity contribution >= 4 is 11.9 Å². The molecule has 1 heterocycles. The number of aromatic amines is 1. The van der Waals surface area contributed by atoms with Crippen LogP contribution in [0.15, 0.2) is 4.79 Å². The number of hydrogen-bond donors (Lipinski definition) is 3. The van der Waals surface area contributed by atoms with Gasteiger partial charge in [-0.25, -0.2) is 4.98 Å². The normalized spacial score (nSPS) is 14.8. The molecule has 6 heteroatoms. The van der Waals surface area contributed by atoms with Crippen LogP contribution in [0.5, 0.6) is 0 Å². The van der Waals surface area contributed by atoms with Gasteiger partial charge >= 0.3 is 5.97 Å². The third kappa shape index (κ3) is 2.05. The van der Waals surface area contributed by atoms with E-state index in [2.05, 4.69) is 15.3 Å². The number of hydrogen-bond acceptors (Lipinski definition) is 4. The summed E-state index contributed by atoms with van der Waals surface area (Å²) in [6.07, 6.45) is 1.69. The van der Waals surface area contributed by atoms with Crippen LogP contribution in [0.1, 0.15) is 30.0 Å². The van der Waals surface area contributed by atoms with Crippen molar-refractivity contribution in [3.8, 4) is 0 Å². The van der Waals surface area contributed by atoms with Crippen molar-refractivity contribution in [2.45, 2.75) is 25.2 Å². The van der Waals surface area contributed by atoms with Crippen LogP contribution in [0.2, 0.25) is 0 Å². The predicted molar refractivity (Wildman–Crippen MR) is 57.7 cm³/mol. The summed E-state index contributed by atoms with van der Waals surface area (Å²) < 4.78 is 0. The van der Waals surface area contributed by atoms with Gasteiger partial charge in [-0.15, -0.1) is 0 Å². The minimum atomic E-state index is -1.01. The first-order valence-corrected chi connectivity index (χ1v) is 5.14. The smallest absolute Gasteiger partial charge is 0.308 e. The molecule has 2 rings (SSSR count). The molecule has 0 radical (unpaired) electrons. The summed E-state index contributed by atoms with van der Waals surface area (Å²) in [7, 11) is 1.66. The molecular formula is C10H13N3O3. The van der Waals surface area contributed by atoms with Gasteiger partial charge in [0.05, 0.1) is 17.7 Å². The third-order valence-electron chi connectivity index (χ3n) is 2.58. The molecule has 0 unspecified atom stereocenters. The zero-order valence-electron chi connectivity index (χ0n) is 8.91. The van der Waals surface area contributed by atoms with Gasteiger partial charge in [-0.3, -0.25) is 14.6 Å². The molecule has 1 fully saturated rings. The predicted octanol–water partition coefficient (Wildman–Crippen LogP) is 0.316. The van der Waals surface area contributed by atoms with E-state index in [0.717, 1.165) is 12.8 Å². The van der Waals surface area contributed by atoms with E-state index in [4.69, 9.17) is 5.11 Å². The molecule has 0 spiro atoms. The molecule has 1 aromatic heterocycles. The van der Waals surface area contributed by atoms with Crippen LogP contribution in [-0.4, -0.2) is 28.1 Å². The van der Waals surface area contributed by atoms with Gasteiger partial charge in [0.15, 0.2) is 0 Å². The number of H-pyrrole nitrogens is 1. The van der Waals surface area contributed by atoms with E-state index in [1.807, 2.05) is 0 Å². The Balaban J connectivity index is 2.47. The van der Waals surface area contributed by atoms with Gasteiger partial charge in [-0.05, 0) is 12.8 Å². The van der Waals surface area contributed by atoms with E-state index in [1.165, 1.54) is 0 Å². The van der Waals surface area contributed by atoms with Crippen LogP contribution in [-0.2, 0) is 11.2 Å². The van der Waals surface area contributed by atoms with Gasteiger partial charge < -0.3 is 10.4 Å². The van der Waals surface area contributed by atoms with Gasteiger partial charge in [-0.2, -0.15) is 0 Å². The Kier molecular flexibility index (Phi) is 2.64. The molecule has 1 saturated carbocycles. The molecule has 0 amide bonds. The van der Waals surface area contributed by atoms with Crippen molar-refractivity contribution < 1.29 is 9.90 Å². The van der Waals surface area contributed by atoms with E-state index in [0.29, 0.717) is 11.6 Å². The first kappa shape index (κ1) is 10.7. The van der Waals surface area contributed by atoms with E-state index in [1.54, 1.807) is 7.05 Å². The fourth-order valence-electron chi connectivity index (χ4n) is 1.65. The van der Waals surface area contributed by atoms with Crippen molar-refractivity contribution in [3.63, 3.8) is 0 Å². The number of aliphatic carboxylic acids is 1. The van der Waals surface area contributed by atoms with Gasteiger partial charge in [0.1, 0.15) is 0 Å². The number of rotatable bonds is 4. The lowest BCUT2D eigenvalue weighted by Crippen LogP contribution is -2.22. The number of carboxylic acids is 1. The molecule has 0 aliphatic heterocycles. The Morgan fingerprint density at radius 1 is 1.62 bits per heavy atom. The van der Waals surface area contributed by atoms with Gasteiger partial charge in [0.2, 0.25) is 5.95 Å². The molecule has 0 bridgehead atoms. The Morgan fingerprint density at radius 2 is 2.31 bits per heavy atom. The highest BCUT2D eigenvalue weighted by atomic mass is 16.4. The van der Waals surface area contributed by atoms with Gasteiger partial charge in [-0.1, -0.05) is 0 Å². The Labute approximate surface area is 91.7 Å². The Bertz CT molecular complexity index is 477. The number of aromatic nitrogens is 2. The van der Waals surface area contributed by atoms with Gasteiger partial charge in [0, 0.05) is 13.0 Å². The molecule has 1 aliphatic rings. The van der Waals surface area contributed by atoms with E-state index in [-0.39, 0.29) is 23.5 Å². The molecule has 0 saturated heterocycles. The summed E-state index contributed by atoms with van der Waals surface area (Å²) in [6.45, 7) is 0. The van der Waals surface area contributed by atoms with E-state index >= 15 is 0 Å². The molecule has 3 N–H and O–H groups in total. The van der Waals surface area contributed by atoms with Crippen molar-refractivity contribution in [1.29, 1.82) is 0 Å². The first-order valence-electron chi connectivity index (χ1n) is 5.14. The molecule has 0 aromatic carbocycles. The average molecular weight is 223 g/mol. The number of anilines is 1. The van der Waals surface area contributed by atoms with Crippen molar-refractivity contribution in [3.05, 3.63) is 21.6 Å². The topological polar surface area (TPSA) is 95.1 Å². The van der Waals surface area contributed by atoms with Crippen molar-refractivity contribution in [1.82, 2.24) is 9.97 Å². The molecule has 0 atom stereocenters. The minimum absolute atomic E-state index is 0.253. The molecular weight excluding hydrogens is 210 g/mol. The maximum atomic E-state index is 11.7. The minimum Gasteiger partial charge on any atom is -0.481 e. The Morgan fingerprint density at radius 3 is 2.81 bits per heavy atom. The largest absolute Gasteiger partial charge is 0.481 e. The zero-order chi connectivity index (χ0) is 11.7. The highest BCUT2D eigenvalue weighted by Crippen LogP contribution is 2.40. The zero-order valence-corrected chi connectivity index (χ0v) is 8.91. The highest BCUT2D eigenvalue weighted by molar-refractivity contribution is 5.70. The second kappa shape index (κ2) is 3.96. The lowest BCUT2D eigenvalue weighted by Gasteiger charge is -2.07. The number of nitrogens with one attached hydrogen (secondary N) is 2. The lowest BCUT2D eigenvalue weighted by atomic mass is 10.1. The highest BCUT2D eigenvalue weighted by Gasteiger charge is 2.30. The summed E-state index contributed by atoms with van der Waals surface area (Å²) in [5.74, 6) is -0.365. The van der Waals surface area contributed by atoms with Crippen molar-refractivity contribution in [2.75, 3.05) is 12.4 Å². The second-order valence-electron chi connectivity index (χ2n) is 3.87. The maximum Gasteiger partial charge on any atom is 0.308 e. The maximum absolute atomic E-state index is 11.7. The summed E-state index contributed by atoms with van der Waals surface area (Å²) in [4.78, 5) is 29.1. The van der Waals surface area contributed by atoms with Gasteiger partial charge in [0.25, 0.3) is 5.56 Å². The van der Waals surface area contributed by atoms with Crippen LogP contribution in [0, 0.1) is 0 Å². The fourth-order valence-corrected chi connectivity index (χ4v) is 1.65. The SMILES string of the molecule is CNc1nc(C2CC2)c(CC(=O)O)c(=O)[nH]1. The average Bonchev–Trinajstić information content (AvgIpc) is 3.03. The third-order valence-corrected chi connectivity index (χ3v) is 2.58. The van der Waals surface area contributed by atoms with E-state index < -0.39 is 5.97 Å². The molecule has 86 valence electrons. The lowest BCUT2D eigenvalue weighted by molar-refractivity contribution is -0.136. The number of nitrogens with zero attached hydrogens (tertiary/aromatic N) is 1.